The number of hydrogen-bond donors (Lipinski definition) is 1. The van der Waals surface area contributed by atoms with Gasteiger partial charge in [0.05, 0.1) is 18.9 Å². The lowest BCUT2D eigenvalue weighted by Gasteiger charge is -2.24. The maximum Gasteiger partial charge on any atom is 0.243 e. The number of aromatic nitrogens is 3. The van der Waals surface area contributed by atoms with Gasteiger partial charge in [-0.2, -0.15) is 10.2 Å². The Labute approximate surface area is 223 Å². The van der Waals surface area contributed by atoms with E-state index in [1.54, 1.807) is 41.4 Å². The van der Waals surface area contributed by atoms with E-state index in [0.29, 0.717) is 21.5 Å². The number of amides is 2. The summed E-state index contributed by atoms with van der Waals surface area (Å²) in [6, 6.07) is 13.6. The van der Waals surface area contributed by atoms with Gasteiger partial charge in [0.15, 0.2) is 5.78 Å². The Bertz CT molecular complexity index is 1520. The molecule has 1 aliphatic heterocycles. The highest BCUT2D eigenvalue weighted by Crippen LogP contribution is 2.29. The predicted octanol–water partition coefficient (Wildman–Crippen LogP) is 4.21. The van der Waals surface area contributed by atoms with Crippen LogP contribution in [0.1, 0.15) is 29.3 Å². The molecule has 4 aromatic rings. The fourth-order valence-corrected chi connectivity index (χ4v) is 5.06. The largest absolute Gasteiger partial charge is 0.350 e. The second kappa shape index (κ2) is 10.7. The van der Waals surface area contributed by atoms with E-state index in [1.165, 1.54) is 11.8 Å². The highest BCUT2D eigenvalue weighted by Gasteiger charge is 2.39. The van der Waals surface area contributed by atoms with Gasteiger partial charge >= 0.3 is 0 Å². The molecule has 1 N–H and O–H groups in total. The molecule has 0 spiro atoms. The van der Waals surface area contributed by atoms with Gasteiger partial charge in [-0.25, -0.2) is 4.39 Å². The van der Waals surface area contributed by atoms with Gasteiger partial charge in [-0.15, -0.1) is 0 Å². The zero-order valence-corrected chi connectivity index (χ0v) is 21.4. The molecule has 2 amide bonds. The molecule has 2 aromatic heterocycles. The van der Waals surface area contributed by atoms with E-state index in [1.807, 2.05) is 30.3 Å². The number of carbonyl (C=O) groups is 3. The Hall–Kier alpha value is -4.11. The van der Waals surface area contributed by atoms with Crippen molar-refractivity contribution in [3.8, 4) is 11.1 Å². The number of likely N-dealkylation sites (tertiary alicyclic amines) is 1. The van der Waals surface area contributed by atoms with Gasteiger partial charge in [-0.3, -0.25) is 14.4 Å². The summed E-state index contributed by atoms with van der Waals surface area (Å²) in [5.74, 6) is -0.965. The molecule has 0 aliphatic carbocycles. The quantitative estimate of drug-likeness (QED) is 0.359. The molecule has 2 atom stereocenters. The van der Waals surface area contributed by atoms with Crippen molar-refractivity contribution in [2.24, 2.45) is 0 Å². The zero-order valence-electron chi connectivity index (χ0n) is 20.6. The topological polar surface area (TPSA) is 97.2 Å². The number of nitrogens with zero attached hydrogens (tertiary/aromatic N) is 4. The number of Topliss-reactive ketones (excluding diaryl/α,β-unsaturated/α-hetero) is 1. The maximum absolute atomic E-state index is 14.4. The summed E-state index contributed by atoms with van der Waals surface area (Å²) in [5, 5.41) is 11.7. The van der Waals surface area contributed by atoms with E-state index in [9.17, 15) is 18.8 Å². The molecule has 10 heteroatoms. The summed E-state index contributed by atoms with van der Waals surface area (Å²) >= 11 is 6.01. The molecule has 0 saturated carbocycles. The van der Waals surface area contributed by atoms with Crippen LogP contribution < -0.4 is 5.32 Å². The minimum Gasteiger partial charge on any atom is -0.350 e. The Kier molecular flexibility index (Phi) is 7.20. The lowest BCUT2D eigenvalue weighted by Crippen LogP contribution is -2.46. The normalized spacial score (nSPS) is 17.1. The average Bonchev–Trinajstić information content (AvgIpc) is 3.48. The summed E-state index contributed by atoms with van der Waals surface area (Å²) in [6.45, 7) is 1.39. The lowest BCUT2D eigenvalue weighted by molar-refractivity contribution is -0.139. The Balaban J connectivity index is 1.36. The van der Waals surface area contributed by atoms with E-state index in [0.717, 1.165) is 16.7 Å². The number of carbonyl (C=O) groups excluding carboxylic acids is 3. The summed E-state index contributed by atoms with van der Waals surface area (Å²) < 4.78 is 16.1. The number of benzene rings is 2. The standard InChI is InChI=1S/C28H25ClFN5O3/c1-17(36)24-15-34(25-6-5-19(10-23(24)25)20-7-8-32-33-13-20)16-27(37)35-14-22(30)11-26(35)28(38)31-12-18-3-2-4-21(29)9-18/h2-10,13,15,22,26H,11-12,14,16H2,1H3,(H,31,38)/t22-,26+/m1/s1. The van der Waals surface area contributed by atoms with Crippen LogP contribution >= 0.6 is 11.6 Å². The SMILES string of the molecule is CC(=O)c1cn(CC(=O)N2C[C@H](F)C[C@H]2C(=O)NCc2cccc(Cl)c2)c2ccc(-c3ccnnc3)cc12. The number of ketones is 1. The third-order valence-corrected chi connectivity index (χ3v) is 6.95. The highest BCUT2D eigenvalue weighted by atomic mass is 35.5. The van der Waals surface area contributed by atoms with Crippen molar-refractivity contribution < 1.29 is 18.8 Å². The van der Waals surface area contributed by atoms with E-state index in [2.05, 4.69) is 15.5 Å². The molecule has 8 nitrogen and oxygen atoms in total. The second-order valence-corrected chi connectivity index (χ2v) is 9.77. The van der Waals surface area contributed by atoms with Gasteiger partial charge < -0.3 is 14.8 Å². The molecule has 38 heavy (non-hydrogen) atoms. The molecule has 1 saturated heterocycles. The Morgan fingerprint density at radius 2 is 1.95 bits per heavy atom. The fourth-order valence-electron chi connectivity index (χ4n) is 4.85. The highest BCUT2D eigenvalue weighted by molar-refractivity contribution is 6.30. The van der Waals surface area contributed by atoms with Gasteiger partial charge in [0.25, 0.3) is 0 Å². The van der Waals surface area contributed by atoms with E-state index < -0.39 is 24.0 Å². The third-order valence-electron chi connectivity index (χ3n) is 6.71. The van der Waals surface area contributed by atoms with Crippen LogP contribution in [0.15, 0.2) is 67.1 Å². The van der Waals surface area contributed by atoms with Crippen LogP contribution in [-0.4, -0.2) is 56.0 Å². The van der Waals surface area contributed by atoms with Crippen molar-refractivity contribution in [1.82, 2.24) is 25.0 Å². The molecule has 5 rings (SSSR count). The van der Waals surface area contributed by atoms with Crippen LogP contribution in [0.4, 0.5) is 4.39 Å². The summed E-state index contributed by atoms with van der Waals surface area (Å²) in [7, 11) is 0. The monoisotopic (exact) mass is 533 g/mol. The number of fused-ring (bicyclic) bond motifs is 1. The minimum absolute atomic E-state index is 0.0679. The van der Waals surface area contributed by atoms with Crippen LogP contribution in [0.5, 0.6) is 0 Å². The van der Waals surface area contributed by atoms with Crippen LogP contribution in [-0.2, 0) is 22.7 Å². The Morgan fingerprint density at radius 3 is 2.68 bits per heavy atom. The van der Waals surface area contributed by atoms with Crippen molar-refractivity contribution in [3.05, 3.63) is 83.3 Å². The van der Waals surface area contributed by atoms with Gasteiger partial charge in [-0.05, 0) is 48.4 Å². The number of nitrogens with one attached hydrogen (secondary N) is 1. The van der Waals surface area contributed by atoms with Crippen LogP contribution in [0, 0.1) is 0 Å². The van der Waals surface area contributed by atoms with Gasteiger partial charge in [0.1, 0.15) is 18.8 Å². The van der Waals surface area contributed by atoms with E-state index >= 15 is 0 Å². The fraction of sp³-hybridized carbons (Fsp3) is 0.250. The average molecular weight is 534 g/mol. The van der Waals surface area contributed by atoms with Crippen LogP contribution in [0.25, 0.3) is 22.0 Å². The van der Waals surface area contributed by atoms with Crippen molar-refractivity contribution >= 4 is 40.1 Å². The molecule has 2 aromatic carbocycles. The number of hydrogen-bond acceptors (Lipinski definition) is 5. The summed E-state index contributed by atoms with van der Waals surface area (Å²) in [5.41, 5.74) is 3.66. The molecular weight excluding hydrogens is 509 g/mol. The van der Waals surface area contributed by atoms with Crippen molar-refractivity contribution in [1.29, 1.82) is 0 Å². The first kappa shape index (κ1) is 25.5. The first-order chi connectivity index (χ1) is 18.3. The number of rotatable bonds is 7. The molecular formula is C28H25ClFN5O3. The number of alkyl halides is 1. The first-order valence-electron chi connectivity index (χ1n) is 12.2. The molecule has 1 fully saturated rings. The Morgan fingerprint density at radius 1 is 1.11 bits per heavy atom. The van der Waals surface area contributed by atoms with Gasteiger partial charge in [0, 0.05) is 46.2 Å². The third kappa shape index (κ3) is 5.28. The second-order valence-electron chi connectivity index (χ2n) is 9.33. The van der Waals surface area contributed by atoms with Gasteiger partial charge in [0.2, 0.25) is 11.8 Å². The molecule has 3 heterocycles. The minimum atomic E-state index is -1.30. The van der Waals surface area contributed by atoms with E-state index in [-0.39, 0.29) is 31.8 Å². The van der Waals surface area contributed by atoms with Crippen LogP contribution in [0.3, 0.4) is 0 Å². The smallest absolute Gasteiger partial charge is 0.243 e. The van der Waals surface area contributed by atoms with Crippen LogP contribution in [0.2, 0.25) is 5.02 Å². The molecule has 1 aliphatic rings. The zero-order chi connectivity index (χ0) is 26.8. The van der Waals surface area contributed by atoms with Crippen molar-refractivity contribution in [2.75, 3.05) is 6.54 Å². The maximum atomic E-state index is 14.4. The molecule has 194 valence electrons. The predicted molar refractivity (Wildman–Crippen MR) is 141 cm³/mol. The first-order valence-corrected chi connectivity index (χ1v) is 12.5. The van der Waals surface area contributed by atoms with Gasteiger partial charge in [-0.1, -0.05) is 29.8 Å². The summed E-state index contributed by atoms with van der Waals surface area (Å²) in [4.78, 5) is 40.0. The van der Waals surface area contributed by atoms with E-state index in [4.69, 9.17) is 11.6 Å². The summed E-state index contributed by atoms with van der Waals surface area (Å²) in [6.07, 6.45) is 3.49. The van der Waals surface area contributed by atoms with Crippen molar-refractivity contribution in [2.45, 2.75) is 38.6 Å². The molecule has 0 unspecified atom stereocenters. The lowest BCUT2D eigenvalue weighted by atomic mass is 10.0. The molecule has 0 radical (unpaired) electrons. The van der Waals surface area contributed by atoms with Crippen molar-refractivity contribution in [3.63, 3.8) is 0 Å². The number of halogens is 2. The molecule has 0 bridgehead atoms.